The largest absolute Gasteiger partial charge is 0.0753 e. The normalized spacial score (nSPS) is 12.6. The van der Waals surface area contributed by atoms with Gasteiger partial charge in [-0.05, 0) is 24.0 Å². The van der Waals surface area contributed by atoms with E-state index in [0.29, 0.717) is 0 Å². The molecular formula is C15H25P. The molecule has 0 heterocycles. The topological polar surface area (TPSA) is 0 Å². The Kier molecular flexibility index (Phi) is 7.51. The van der Waals surface area contributed by atoms with Crippen LogP contribution in [0, 0.1) is 0 Å². The lowest BCUT2D eigenvalue weighted by atomic mass is 10.2. The third-order valence-corrected chi connectivity index (χ3v) is 5.77. The summed E-state index contributed by atoms with van der Waals surface area (Å²) in [6, 6.07) is 11.1. The summed E-state index contributed by atoms with van der Waals surface area (Å²) in [7, 11) is 0.128. The van der Waals surface area contributed by atoms with Gasteiger partial charge in [0.05, 0.1) is 0 Å². The number of hydrogen-bond donors (Lipinski definition) is 0. The van der Waals surface area contributed by atoms with E-state index in [9.17, 15) is 0 Å². The molecule has 1 atom stereocenters. The molecule has 0 bridgehead atoms. The molecule has 0 spiro atoms. The highest BCUT2D eigenvalue weighted by Crippen LogP contribution is 2.36. The van der Waals surface area contributed by atoms with E-state index in [0.717, 1.165) is 0 Å². The van der Waals surface area contributed by atoms with Gasteiger partial charge in [-0.25, -0.2) is 0 Å². The Morgan fingerprint density at radius 2 is 1.56 bits per heavy atom. The van der Waals surface area contributed by atoms with E-state index in [1.54, 1.807) is 5.30 Å². The summed E-state index contributed by atoms with van der Waals surface area (Å²) in [4.78, 5) is 0. The first-order valence-electron chi connectivity index (χ1n) is 6.68. The lowest BCUT2D eigenvalue weighted by molar-refractivity contribution is 0.705. The molecule has 1 unspecified atom stereocenters. The summed E-state index contributed by atoms with van der Waals surface area (Å²) in [6.07, 6.45) is 9.77. The van der Waals surface area contributed by atoms with Gasteiger partial charge in [0, 0.05) is 0 Å². The molecule has 0 aliphatic rings. The van der Waals surface area contributed by atoms with Crippen molar-refractivity contribution < 1.29 is 0 Å². The predicted octanol–water partition coefficient (Wildman–Crippen LogP) is 4.78. The van der Waals surface area contributed by atoms with Crippen LogP contribution in [0.3, 0.4) is 0 Å². The third-order valence-electron chi connectivity index (χ3n) is 2.90. The molecule has 90 valence electrons. The maximum Gasteiger partial charge on any atom is -0.0240 e. The summed E-state index contributed by atoms with van der Waals surface area (Å²) in [5.74, 6) is 0. The van der Waals surface area contributed by atoms with Crippen molar-refractivity contribution >= 4 is 13.2 Å². The molecular weight excluding hydrogens is 211 g/mol. The summed E-state index contributed by atoms with van der Waals surface area (Å²) in [5.41, 5.74) is 0. The second-order valence-corrected chi connectivity index (χ2v) is 6.87. The zero-order chi connectivity index (χ0) is 11.6. The van der Waals surface area contributed by atoms with Crippen molar-refractivity contribution in [3.8, 4) is 0 Å². The number of hydrogen-bond acceptors (Lipinski definition) is 0. The number of rotatable bonds is 8. The molecule has 0 N–H and O–H groups in total. The lowest BCUT2D eigenvalue weighted by Crippen LogP contribution is -2.05. The zero-order valence-electron chi connectivity index (χ0n) is 10.8. The Balaban J connectivity index is 2.41. The molecule has 0 fully saturated rings. The molecule has 0 radical (unpaired) electrons. The molecule has 1 aromatic carbocycles. The van der Waals surface area contributed by atoms with Gasteiger partial charge < -0.3 is 0 Å². The minimum atomic E-state index is 0.128. The first kappa shape index (κ1) is 13.7. The van der Waals surface area contributed by atoms with Crippen LogP contribution in [-0.4, -0.2) is 12.3 Å². The zero-order valence-corrected chi connectivity index (χ0v) is 11.7. The Hall–Kier alpha value is -0.350. The van der Waals surface area contributed by atoms with E-state index in [-0.39, 0.29) is 7.92 Å². The van der Waals surface area contributed by atoms with Gasteiger partial charge in [-0.3, -0.25) is 0 Å². The van der Waals surface area contributed by atoms with Crippen molar-refractivity contribution in [2.75, 3.05) is 12.3 Å². The second-order valence-electron chi connectivity index (χ2n) is 4.38. The van der Waals surface area contributed by atoms with E-state index in [1.165, 1.54) is 44.4 Å². The van der Waals surface area contributed by atoms with Crippen molar-refractivity contribution in [2.24, 2.45) is 0 Å². The molecule has 0 nitrogen and oxygen atoms in total. The van der Waals surface area contributed by atoms with Crippen LogP contribution in [0.5, 0.6) is 0 Å². The molecule has 0 saturated carbocycles. The smallest absolute Gasteiger partial charge is 0.0240 e. The summed E-state index contributed by atoms with van der Waals surface area (Å²) < 4.78 is 0. The fourth-order valence-corrected chi connectivity index (χ4v) is 4.49. The van der Waals surface area contributed by atoms with Crippen LogP contribution in [0.2, 0.25) is 0 Å². The first-order valence-corrected chi connectivity index (χ1v) is 8.39. The second kappa shape index (κ2) is 8.76. The predicted molar refractivity (Wildman–Crippen MR) is 77.2 cm³/mol. The fraction of sp³-hybridized carbons (Fsp3) is 0.600. The Morgan fingerprint density at radius 1 is 0.812 bits per heavy atom. The van der Waals surface area contributed by atoms with Gasteiger partial charge >= 0.3 is 0 Å². The van der Waals surface area contributed by atoms with Gasteiger partial charge in [0.25, 0.3) is 0 Å². The molecule has 0 aromatic heterocycles. The SMILES string of the molecule is CCCCCCP(CCC)c1ccccc1. The number of benzene rings is 1. The summed E-state index contributed by atoms with van der Waals surface area (Å²) in [5, 5.41) is 1.61. The lowest BCUT2D eigenvalue weighted by Gasteiger charge is -2.17. The van der Waals surface area contributed by atoms with Crippen LogP contribution >= 0.6 is 7.92 Å². The maximum absolute atomic E-state index is 2.32. The Labute approximate surface area is 102 Å². The van der Waals surface area contributed by atoms with Gasteiger partial charge in [0.1, 0.15) is 0 Å². The van der Waals surface area contributed by atoms with E-state index >= 15 is 0 Å². The molecule has 0 aliphatic heterocycles. The minimum absolute atomic E-state index is 0.128. The van der Waals surface area contributed by atoms with Crippen molar-refractivity contribution in [3.05, 3.63) is 30.3 Å². The Bertz CT molecular complexity index is 255. The maximum atomic E-state index is 2.32. The van der Waals surface area contributed by atoms with Crippen LogP contribution in [0.4, 0.5) is 0 Å². The number of unbranched alkanes of at least 4 members (excludes halogenated alkanes) is 3. The molecule has 0 saturated heterocycles. The highest BCUT2D eigenvalue weighted by molar-refractivity contribution is 7.65. The van der Waals surface area contributed by atoms with Gasteiger partial charge in [-0.2, -0.15) is 0 Å². The van der Waals surface area contributed by atoms with Gasteiger partial charge in [0.15, 0.2) is 0 Å². The highest BCUT2D eigenvalue weighted by atomic mass is 31.1. The van der Waals surface area contributed by atoms with E-state index in [4.69, 9.17) is 0 Å². The molecule has 1 heteroatoms. The van der Waals surface area contributed by atoms with Crippen LogP contribution in [0.1, 0.15) is 46.0 Å². The first-order chi connectivity index (χ1) is 7.88. The fourth-order valence-electron chi connectivity index (χ4n) is 2.01. The van der Waals surface area contributed by atoms with Crippen LogP contribution in [0.15, 0.2) is 30.3 Å². The van der Waals surface area contributed by atoms with E-state index in [1.807, 2.05) is 0 Å². The Morgan fingerprint density at radius 3 is 2.19 bits per heavy atom. The van der Waals surface area contributed by atoms with Crippen molar-refractivity contribution in [3.63, 3.8) is 0 Å². The third kappa shape index (κ3) is 5.12. The van der Waals surface area contributed by atoms with Crippen LogP contribution in [-0.2, 0) is 0 Å². The highest BCUT2D eigenvalue weighted by Gasteiger charge is 2.08. The summed E-state index contributed by atoms with van der Waals surface area (Å²) in [6.45, 7) is 4.59. The average Bonchev–Trinajstić information content (AvgIpc) is 2.34. The quantitative estimate of drug-likeness (QED) is 0.450. The average molecular weight is 236 g/mol. The van der Waals surface area contributed by atoms with Gasteiger partial charge in [0.2, 0.25) is 0 Å². The summed E-state index contributed by atoms with van der Waals surface area (Å²) >= 11 is 0. The van der Waals surface area contributed by atoms with Gasteiger partial charge in [-0.1, -0.05) is 77.8 Å². The monoisotopic (exact) mass is 236 g/mol. The molecule has 0 aliphatic carbocycles. The van der Waals surface area contributed by atoms with Crippen molar-refractivity contribution in [1.82, 2.24) is 0 Å². The van der Waals surface area contributed by atoms with Gasteiger partial charge in [-0.15, -0.1) is 0 Å². The molecule has 16 heavy (non-hydrogen) atoms. The van der Waals surface area contributed by atoms with E-state index < -0.39 is 0 Å². The molecule has 0 amide bonds. The minimum Gasteiger partial charge on any atom is -0.0753 e. The van der Waals surface area contributed by atoms with Crippen LogP contribution in [0.25, 0.3) is 0 Å². The molecule has 1 aromatic rings. The standard InChI is InChI=1S/C15H25P/c1-3-5-6-10-14-16(13-4-2)15-11-8-7-9-12-15/h7-9,11-12H,3-6,10,13-14H2,1-2H3. The molecule has 1 rings (SSSR count). The van der Waals surface area contributed by atoms with Crippen LogP contribution < -0.4 is 5.30 Å². The van der Waals surface area contributed by atoms with Crippen molar-refractivity contribution in [1.29, 1.82) is 0 Å². The van der Waals surface area contributed by atoms with E-state index in [2.05, 4.69) is 44.2 Å². The van der Waals surface area contributed by atoms with Crippen molar-refractivity contribution in [2.45, 2.75) is 46.0 Å².